The molecule has 6 aromatic carbocycles. The first kappa shape index (κ1) is 25.3. The zero-order valence-corrected chi connectivity index (χ0v) is 25.1. The van der Waals surface area contributed by atoms with Gasteiger partial charge in [0.25, 0.3) is 0 Å². The van der Waals surface area contributed by atoms with Crippen LogP contribution in [0.25, 0.3) is 55.3 Å². The van der Waals surface area contributed by atoms with E-state index in [2.05, 4.69) is 51.4 Å². The van der Waals surface area contributed by atoms with Crippen LogP contribution in [0.15, 0.2) is 149 Å². The van der Waals surface area contributed by atoms with Gasteiger partial charge in [0.1, 0.15) is 5.65 Å². The number of aromatic nitrogens is 4. The smallest absolute Gasteiger partial charge is 0.221 e. The van der Waals surface area contributed by atoms with Crippen LogP contribution >= 0.6 is 0 Å². The highest BCUT2D eigenvalue weighted by atomic mass is 32.2. The van der Waals surface area contributed by atoms with Gasteiger partial charge in [0.2, 0.25) is 15.8 Å². The zero-order chi connectivity index (χ0) is 30.6. The van der Waals surface area contributed by atoms with Gasteiger partial charge in [-0.3, -0.25) is 8.97 Å². The molecular formula is C38H23N5O2S. The molecule has 0 atom stereocenters. The van der Waals surface area contributed by atoms with Crippen molar-refractivity contribution in [2.45, 2.75) is 9.79 Å². The summed E-state index contributed by atoms with van der Waals surface area (Å²) in [6.07, 6.45) is 0. The first-order valence-corrected chi connectivity index (χ1v) is 16.5. The van der Waals surface area contributed by atoms with E-state index in [0.29, 0.717) is 21.2 Å². The Bertz CT molecular complexity index is 2800. The third kappa shape index (κ3) is 3.28. The third-order valence-electron chi connectivity index (χ3n) is 9.03. The fourth-order valence-electron chi connectivity index (χ4n) is 7.06. The maximum atomic E-state index is 13.6. The molecule has 0 saturated heterocycles. The summed E-state index contributed by atoms with van der Waals surface area (Å²) in [6.45, 7) is 0. The summed E-state index contributed by atoms with van der Waals surface area (Å²) in [5, 5.41) is 3.09. The summed E-state index contributed by atoms with van der Waals surface area (Å²) in [4.78, 5) is 13.0. The Hall–Kier alpha value is -5.99. The lowest BCUT2D eigenvalue weighted by Crippen LogP contribution is -2.22. The van der Waals surface area contributed by atoms with Crippen LogP contribution in [-0.4, -0.2) is 27.4 Å². The first-order valence-electron chi connectivity index (χ1n) is 15.0. The van der Waals surface area contributed by atoms with E-state index in [9.17, 15) is 8.42 Å². The Morgan fingerprint density at radius 3 is 1.85 bits per heavy atom. The molecule has 0 unspecified atom stereocenters. The van der Waals surface area contributed by atoms with Gasteiger partial charge in [0.15, 0.2) is 0 Å². The van der Waals surface area contributed by atoms with Crippen molar-refractivity contribution in [3.05, 3.63) is 140 Å². The average Bonchev–Trinajstić information content (AvgIpc) is 3.65. The minimum Gasteiger partial charge on any atom is -0.308 e. The number of fused-ring (bicyclic) bond motifs is 10. The molecule has 0 N–H and O–H groups in total. The van der Waals surface area contributed by atoms with E-state index < -0.39 is 9.84 Å². The van der Waals surface area contributed by atoms with Crippen LogP contribution in [-0.2, 0) is 9.84 Å². The Labute approximate surface area is 263 Å². The highest BCUT2D eigenvalue weighted by Crippen LogP contribution is 2.48. The summed E-state index contributed by atoms with van der Waals surface area (Å²) in [5.74, 6) is 0.751. The molecular weight excluding hydrogens is 591 g/mol. The predicted molar refractivity (Wildman–Crippen MR) is 182 cm³/mol. The van der Waals surface area contributed by atoms with Crippen LogP contribution in [0.1, 0.15) is 0 Å². The largest absolute Gasteiger partial charge is 0.308 e. The third-order valence-corrected chi connectivity index (χ3v) is 10.9. The van der Waals surface area contributed by atoms with Gasteiger partial charge in [-0.2, -0.15) is 0 Å². The summed E-state index contributed by atoms with van der Waals surface area (Å²) in [7, 11) is -3.67. The van der Waals surface area contributed by atoms with Crippen molar-refractivity contribution in [2.75, 3.05) is 4.90 Å². The predicted octanol–water partition coefficient (Wildman–Crippen LogP) is 8.75. The zero-order valence-electron chi connectivity index (χ0n) is 24.2. The molecule has 4 heterocycles. The van der Waals surface area contributed by atoms with E-state index in [-0.39, 0.29) is 0 Å². The van der Waals surface area contributed by atoms with E-state index in [1.165, 1.54) is 0 Å². The van der Waals surface area contributed by atoms with Gasteiger partial charge in [-0.25, -0.2) is 18.4 Å². The van der Waals surface area contributed by atoms with Crippen molar-refractivity contribution >= 4 is 76.3 Å². The molecule has 0 radical (unpaired) electrons. The minimum absolute atomic E-state index is 0.297. The van der Waals surface area contributed by atoms with Gasteiger partial charge in [-0.05, 0) is 72.8 Å². The number of anilines is 3. The fourth-order valence-corrected chi connectivity index (χ4v) is 8.68. The molecule has 0 saturated carbocycles. The second-order valence-corrected chi connectivity index (χ2v) is 13.4. The molecule has 0 aliphatic carbocycles. The summed E-state index contributed by atoms with van der Waals surface area (Å²) in [6, 6.07) is 45.4. The summed E-state index contributed by atoms with van der Waals surface area (Å²) in [5.41, 5.74) is 7.74. The van der Waals surface area contributed by atoms with Crippen LogP contribution in [0.2, 0.25) is 0 Å². The quantitative estimate of drug-likeness (QED) is 0.195. The van der Waals surface area contributed by atoms with Crippen molar-refractivity contribution < 1.29 is 8.42 Å². The molecule has 10 rings (SSSR count). The SMILES string of the molecule is O=S1(=O)c2ccccc2N(c2ccc3c(c2)c2ccccc2n3-c2nc3ccccc3c3nc4ccccc4n23)c2ccccc21. The highest BCUT2D eigenvalue weighted by Gasteiger charge is 2.34. The standard InChI is InChI=1S/C38H23N5O2S/c44-46(45)35-19-9-7-17-33(35)41(34-18-8-10-20-36(34)46)24-21-22-31-27(23-24)25-11-2-5-15-30(25)42(31)38-40-28-13-3-1-12-26(28)37-39-29-14-4-6-16-32(29)43(37)38/h1-23H. The number of hydrogen-bond acceptors (Lipinski definition) is 5. The van der Waals surface area contributed by atoms with E-state index in [0.717, 1.165) is 61.0 Å². The van der Waals surface area contributed by atoms with E-state index >= 15 is 0 Å². The van der Waals surface area contributed by atoms with Crippen molar-refractivity contribution in [3.63, 3.8) is 0 Å². The molecule has 0 fully saturated rings. The van der Waals surface area contributed by atoms with E-state index in [1.54, 1.807) is 24.3 Å². The first-order chi connectivity index (χ1) is 22.6. The molecule has 0 spiro atoms. The molecule has 218 valence electrons. The summed E-state index contributed by atoms with van der Waals surface area (Å²) < 4.78 is 31.7. The maximum Gasteiger partial charge on any atom is 0.221 e. The molecule has 0 amide bonds. The minimum atomic E-state index is -3.67. The lowest BCUT2D eigenvalue weighted by molar-refractivity contribution is 0.595. The molecule has 1 aliphatic heterocycles. The second-order valence-electron chi connectivity index (χ2n) is 11.5. The number of para-hydroxylation sites is 6. The van der Waals surface area contributed by atoms with Crippen LogP contribution in [0.5, 0.6) is 0 Å². The second kappa shape index (κ2) is 9.03. The Kier molecular flexibility index (Phi) is 4.98. The van der Waals surface area contributed by atoms with Crippen molar-refractivity contribution in [1.29, 1.82) is 0 Å². The van der Waals surface area contributed by atoms with Gasteiger partial charge >= 0.3 is 0 Å². The van der Waals surface area contributed by atoms with Crippen molar-refractivity contribution in [3.8, 4) is 5.95 Å². The monoisotopic (exact) mass is 613 g/mol. The molecule has 9 aromatic rings. The van der Waals surface area contributed by atoms with Gasteiger partial charge < -0.3 is 4.90 Å². The molecule has 3 aromatic heterocycles. The average molecular weight is 614 g/mol. The lowest BCUT2D eigenvalue weighted by Gasteiger charge is -2.33. The molecule has 46 heavy (non-hydrogen) atoms. The summed E-state index contributed by atoms with van der Waals surface area (Å²) >= 11 is 0. The van der Waals surface area contributed by atoms with Gasteiger partial charge in [0, 0.05) is 21.8 Å². The van der Waals surface area contributed by atoms with Crippen LogP contribution in [0.3, 0.4) is 0 Å². The topological polar surface area (TPSA) is 72.5 Å². The molecule has 8 heteroatoms. The van der Waals surface area contributed by atoms with E-state index in [4.69, 9.17) is 9.97 Å². The van der Waals surface area contributed by atoms with Gasteiger partial charge in [-0.1, -0.05) is 66.7 Å². The van der Waals surface area contributed by atoms with Gasteiger partial charge in [0.05, 0.1) is 48.7 Å². The Morgan fingerprint density at radius 2 is 1.09 bits per heavy atom. The lowest BCUT2D eigenvalue weighted by atomic mass is 10.1. The van der Waals surface area contributed by atoms with Crippen molar-refractivity contribution in [2.24, 2.45) is 0 Å². The number of imidazole rings is 1. The maximum absolute atomic E-state index is 13.6. The van der Waals surface area contributed by atoms with Crippen LogP contribution < -0.4 is 4.90 Å². The number of benzene rings is 6. The fraction of sp³-hybridized carbons (Fsp3) is 0. The number of sulfone groups is 1. The molecule has 7 nitrogen and oxygen atoms in total. The van der Waals surface area contributed by atoms with Crippen LogP contribution in [0.4, 0.5) is 17.1 Å². The molecule has 0 bridgehead atoms. The normalized spacial score (nSPS) is 14.0. The van der Waals surface area contributed by atoms with Crippen LogP contribution in [0, 0.1) is 0 Å². The Balaban J connectivity index is 1.30. The number of hydrogen-bond donors (Lipinski definition) is 0. The van der Waals surface area contributed by atoms with E-state index in [1.807, 2.05) is 77.7 Å². The number of rotatable bonds is 2. The van der Waals surface area contributed by atoms with Crippen molar-refractivity contribution in [1.82, 2.24) is 18.9 Å². The molecule has 1 aliphatic rings. The highest BCUT2D eigenvalue weighted by molar-refractivity contribution is 7.92. The number of nitrogens with zero attached hydrogens (tertiary/aromatic N) is 5. The Morgan fingerprint density at radius 1 is 0.500 bits per heavy atom. The van der Waals surface area contributed by atoms with Gasteiger partial charge in [-0.15, -0.1) is 0 Å².